The van der Waals surface area contributed by atoms with Crippen molar-refractivity contribution in [3.63, 3.8) is 0 Å². The van der Waals surface area contributed by atoms with E-state index in [0.29, 0.717) is 22.2 Å². The zero-order chi connectivity index (χ0) is 29.9. The van der Waals surface area contributed by atoms with Gasteiger partial charge in [0.05, 0.1) is 21.4 Å². The van der Waals surface area contributed by atoms with Crippen molar-refractivity contribution in [2.75, 3.05) is 0 Å². The minimum absolute atomic E-state index is 0.0147. The Bertz CT molecular complexity index is 1570. The van der Waals surface area contributed by atoms with Crippen molar-refractivity contribution in [1.82, 2.24) is 5.32 Å². The van der Waals surface area contributed by atoms with Crippen molar-refractivity contribution >= 4 is 47.4 Å². The van der Waals surface area contributed by atoms with E-state index in [0.717, 1.165) is 23.3 Å². The molecule has 0 aliphatic carbocycles. The summed E-state index contributed by atoms with van der Waals surface area (Å²) in [5.74, 6) is -1.42. The van der Waals surface area contributed by atoms with Crippen LogP contribution in [0.25, 0.3) is 0 Å². The second-order valence-corrected chi connectivity index (χ2v) is 11.3. The minimum Gasteiger partial charge on any atom is -0.423 e. The molecular formula is C28H23BCl2F4N2O4. The molecule has 2 heterocycles. The number of hydrogen-bond donors (Lipinski definition) is 2. The van der Waals surface area contributed by atoms with Crippen LogP contribution >= 0.6 is 23.2 Å². The standard InChI is InChI=1S/C28H23BCl2F4N2O4/c1-14-8-16(23-12-27(41-37-23,28(33,34)35)17-10-21(30)24(32)22(31)11-17)5-6-18(14)25(38)36-13-15-4-7-20-19(9-15)26(2,3)40-29(20)39/h4-11,39H,12-13H2,1-3H3,(H,36,38). The molecule has 0 radical (unpaired) electrons. The third-order valence-electron chi connectivity index (χ3n) is 7.33. The summed E-state index contributed by atoms with van der Waals surface area (Å²) in [6, 6.07) is 11.6. The van der Waals surface area contributed by atoms with Crippen LogP contribution in [0, 0.1) is 12.7 Å². The van der Waals surface area contributed by atoms with Crippen molar-refractivity contribution in [2.45, 2.75) is 51.1 Å². The van der Waals surface area contributed by atoms with Gasteiger partial charge in [-0.2, -0.15) is 13.2 Å². The highest BCUT2D eigenvalue weighted by Crippen LogP contribution is 2.50. The highest BCUT2D eigenvalue weighted by atomic mass is 35.5. The first kappa shape index (κ1) is 29.4. The van der Waals surface area contributed by atoms with Crippen LogP contribution in [0.5, 0.6) is 0 Å². The maximum atomic E-state index is 14.3. The summed E-state index contributed by atoms with van der Waals surface area (Å²) < 4.78 is 62.4. The molecule has 1 unspecified atom stereocenters. The quantitative estimate of drug-likeness (QED) is 0.215. The summed E-state index contributed by atoms with van der Waals surface area (Å²) in [7, 11) is -1.01. The topological polar surface area (TPSA) is 80.2 Å². The molecule has 0 saturated carbocycles. The SMILES string of the molecule is Cc1cc(C2=NOC(c3cc(Cl)c(F)c(Cl)c3)(C(F)(F)F)C2)ccc1C(=O)NCc1ccc2c(c1)C(C)(C)OB2O. The van der Waals surface area contributed by atoms with Crippen LogP contribution < -0.4 is 10.8 Å². The Morgan fingerprint density at radius 3 is 2.44 bits per heavy atom. The molecule has 0 aromatic heterocycles. The lowest BCUT2D eigenvalue weighted by atomic mass is 9.78. The molecule has 0 bridgehead atoms. The lowest BCUT2D eigenvalue weighted by Gasteiger charge is -2.29. The van der Waals surface area contributed by atoms with Crippen molar-refractivity contribution < 1.29 is 36.9 Å². The number of carbonyl (C=O) groups excluding carboxylic acids is 1. The van der Waals surface area contributed by atoms with Crippen molar-refractivity contribution in [2.24, 2.45) is 5.16 Å². The average molecular weight is 609 g/mol. The van der Waals surface area contributed by atoms with E-state index >= 15 is 0 Å². The maximum Gasteiger partial charge on any atom is 0.492 e. The lowest BCUT2D eigenvalue weighted by molar-refractivity contribution is -0.275. The highest BCUT2D eigenvalue weighted by Gasteiger charge is 2.62. The molecule has 3 aromatic carbocycles. The second-order valence-electron chi connectivity index (χ2n) is 10.5. The van der Waals surface area contributed by atoms with E-state index < -0.39 is 52.3 Å². The smallest absolute Gasteiger partial charge is 0.423 e. The first-order chi connectivity index (χ1) is 19.1. The number of nitrogens with one attached hydrogen (secondary N) is 1. The number of rotatable bonds is 5. The number of hydrogen-bond acceptors (Lipinski definition) is 5. The minimum atomic E-state index is -4.94. The largest absolute Gasteiger partial charge is 0.492 e. The van der Waals surface area contributed by atoms with Crippen molar-refractivity contribution in [3.05, 3.63) is 97.8 Å². The summed E-state index contributed by atoms with van der Waals surface area (Å²) in [6.07, 6.45) is -5.65. The Balaban J connectivity index is 1.33. The molecule has 0 spiro atoms. The number of benzene rings is 3. The van der Waals surface area contributed by atoms with Gasteiger partial charge in [-0.15, -0.1) is 0 Å². The van der Waals surface area contributed by atoms with Crippen LogP contribution in [0.3, 0.4) is 0 Å². The Hall–Kier alpha value is -3.12. The van der Waals surface area contributed by atoms with Crippen molar-refractivity contribution in [3.8, 4) is 0 Å². The van der Waals surface area contributed by atoms with Crippen LogP contribution in [0.1, 0.15) is 58.4 Å². The van der Waals surface area contributed by atoms with Crippen LogP contribution in [0.4, 0.5) is 17.6 Å². The van der Waals surface area contributed by atoms with E-state index in [1.807, 2.05) is 19.9 Å². The molecular weight excluding hydrogens is 586 g/mol. The molecule has 1 atom stereocenters. The van der Waals surface area contributed by atoms with E-state index in [1.165, 1.54) is 12.1 Å². The highest BCUT2D eigenvalue weighted by molar-refractivity contribution is 6.61. The Morgan fingerprint density at radius 1 is 1.12 bits per heavy atom. The number of nitrogens with zero attached hydrogens (tertiary/aromatic N) is 1. The van der Waals surface area contributed by atoms with Crippen LogP contribution in [0.2, 0.25) is 10.0 Å². The van der Waals surface area contributed by atoms with Crippen LogP contribution in [-0.4, -0.2) is 29.9 Å². The summed E-state index contributed by atoms with van der Waals surface area (Å²) in [4.78, 5) is 17.9. The summed E-state index contributed by atoms with van der Waals surface area (Å²) >= 11 is 11.5. The number of halogens is 6. The molecule has 2 aliphatic heterocycles. The van der Waals surface area contributed by atoms with E-state index in [-0.39, 0.29) is 18.2 Å². The number of alkyl halides is 3. The van der Waals surface area contributed by atoms with Crippen LogP contribution in [-0.2, 0) is 27.2 Å². The van der Waals surface area contributed by atoms with Gasteiger partial charge in [-0.3, -0.25) is 4.79 Å². The normalized spacial score (nSPS) is 19.6. The summed E-state index contributed by atoms with van der Waals surface area (Å²) in [5.41, 5.74) is -0.622. The molecule has 214 valence electrons. The van der Waals surface area contributed by atoms with E-state index in [4.69, 9.17) is 32.7 Å². The Labute approximate surface area is 243 Å². The van der Waals surface area contributed by atoms with Gasteiger partial charge in [-0.25, -0.2) is 4.39 Å². The van der Waals surface area contributed by atoms with Gasteiger partial charge in [-0.1, -0.05) is 52.6 Å². The van der Waals surface area contributed by atoms with Crippen LogP contribution in [0.15, 0.2) is 53.7 Å². The summed E-state index contributed by atoms with van der Waals surface area (Å²) in [5, 5.41) is 15.5. The Kier molecular flexibility index (Phi) is 7.39. The van der Waals surface area contributed by atoms with Crippen molar-refractivity contribution in [1.29, 1.82) is 0 Å². The molecule has 0 saturated heterocycles. The average Bonchev–Trinajstić information content (AvgIpc) is 3.45. The zero-order valence-corrected chi connectivity index (χ0v) is 23.5. The Morgan fingerprint density at radius 2 is 1.80 bits per heavy atom. The van der Waals surface area contributed by atoms with E-state index in [9.17, 15) is 27.4 Å². The fourth-order valence-electron chi connectivity index (χ4n) is 5.08. The molecule has 2 N–H and O–H groups in total. The van der Waals surface area contributed by atoms with Gasteiger partial charge in [0.1, 0.15) is 0 Å². The molecule has 1 amide bonds. The first-order valence-corrected chi connectivity index (χ1v) is 13.2. The molecule has 6 nitrogen and oxygen atoms in total. The zero-order valence-electron chi connectivity index (χ0n) is 22.0. The monoisotopic (exact) mass is 608 g/mol. The molecule has 41 heavy (non-hydrogen) atoms. The fraction of sp³-hybridized carbons (Fsp3) is 0.286. The molecule has 0 fully saturated rings. The third kappa shape index (κ3) is 5.20. The van der Waals surface area contributed by atoms with Gasteiger partial charge in [0.25, 0.3) is 11.5 Å². The van der Waals surface area contributed by atoms with E-state index in [2.05, 4.69) is 10.5 Å². The van der Waals surface area contributed by atoms with Gasteiger partial charge in [-0.05, 0) is 72.8 Å². The molecule has 13 heteroatoms. The number of amides is 1. The number of oxime groups is 1. The van der Waals surface area contributed by atoms with E-state index in [1.54, 1.807) is 25.1 Å². The lowest BCUT2D eigenvalue weighted by Crippen LogP contribution is -2.42. The number of fused-ring (bicyclic) bond motifs is 1. The van der Waals surface area contributed by atoms with Gasteiger partial charge >= 0.3 is 13.3 Å². The number of carbonyl (C=O) groups is 1. The third-order valence-corrected chi connectivity index (χ3v) is 7.88. The molecule has 3 aromatic rings. The fourth-order valence-corrected chi connectivity index (χ4v) is 5.57. The van der Waals surface area contributed by atoms with Gasteiger partial charge in [0.2, 0.25) is 0 Å². The molecule has 2 aliphatic rings. The predicted octanol–water partition coefficient (Wildman–Crippen LogP) is 5.91. The van der Waals surface area contributed by atoms with Gasteiger partial charge in [0.15, 0.2) is 5.82 Å². The number of aryl methyl sites for hydroxylation is 1. The first-order valence-electron chi connectivity index (χ1n) is 12.5. The van der Waals surface area contributed by atoms with Gasteiger partial charge in [0, 0.05) is 24.1 Å². The second kappa shape index (κ2) is 10.3. The molecule has 5 rings (SSSR count). The maximum absolute atomic E-state index is 14.3. The predicted molar refractivity (Wildman–Crippen MR) is 147 cm³/mol. The summed E-state index contributed by atoms with van der Waals surface area (Å²) in [6.45, 7) is 5.55. The van der Waals surface area contributed by atoms with Gasteiger partial charge < -0.3 is 19.8 Å².